The molecular formula is C30H30N6O3. The zero-order chi connectivity index (χ0) is 26.9. The van der Waals surface area contributed by atoms with E-state index in [-0.39, 0.29) is 12.0 Å². The van der Waals surface area contributed by atoms with Crippen molar-refractivity contribution >= 4 is 17.1 Å². The van der Waals surface area contributed by atoms with Crippen molar-refractivity contribution in [1.82, 2.24) is 29.5 Å². The van der Waals surface area contributed by atoms with Gasteiger partial charge in [-0.1, -0.05) is 47.7 Å². The van der Waals surface area contributed by atoms with Crippen LogP contribution in [0.4, 0.5) is 0 Å². The van der Waals surface area contributed by atoms with Gasteiger partial charge in [-0.05, 0) is 49.4 Å². The third-order valence-corrected chi connectivity index (χ3v) is 7.51. The molecular weight excluding hydrogens is 492 g/mol. The molecule has 3 aromatic heterocycles. The van der Waals surface area contributed by atoms with E-state index >= 15 is 0 Å². The molecule has 9 heteroatoms. The Morgan fingerprint density at radius 3 is 2.46 bits per heavy atom. The molecule has 0 bridgehead atoms. The number of carbonyl (C=O) groups is 1. The van der Waals surface area contributed by atoms with Gasteiger partial charge in [0.05, 0.1) is 35.6 Å². The van der Waals surface area contributed by atoms with Crippen LogP contribution in [0.5, 0.6) is 0 Å². The lowest BCUT2D eigenvalue weighted by atomic mass is 9.86. The van der Waals surface area contributed by atoms with Gasteiger partial charge in [0, 0.05) is 37.6 Å². The Bertz CT molecular complexity index is 1600. The molecule has 4 heterocycles. The molecule has 1 atom stereocenters. The van der Waals surface area contributed by atoms with Crippen molar-refractivity contribution in [2.45, 2.75) is 25.8 Å². The molecule has 9 nitrogen and oxygen atoms in total. The largest absolute Gasteiger partial charge is 0.465 e. The highest BCUT2D eigenvalue weighted by molar-refractivity contribution is 5.90. The molecule has 0 radical (unpaired) electrons. The zero-order valence-electron chi connectivity index (χ0n) is 22.2. The third kappa shape index (κ3) is 4.59. The highest BCUT2D eigenvalue weighted by Gasteiger charge is 2.31. The van der Waals surface area contributed by atoms with E-state index in [1.165, 1.54) is 12.7 Å². The molecule has 1 fully saturated rings. The SMILES string of the molecule is COC(=O)c1ccc(-c2nc3ncc(-c4c(C)nnn4C)cc3n2C(c2ccccc2)C2CCOCC2)cc1. The Balaban J connectivity index is 1.60. The van der Waals surface area contributed by atoms with Crippen molar-refractivity contribution < 1.29 is 14.3 Å². The van der Waals surface area contributed by atoms with Crippen molar-refractivity contribution in [2.75, 3.05) is 20.3 Å². The minimum absolute atomic E-state index is 0.0122. The number of aromatic nitrogens is 6. The van der Waals surface area contributed by atoms with E-state index in [0.29, 0.717) is 17.1 Å². The number of ether oxygens (including phenoxy) is 2. The summed E-state index contributed by atoms with van der Waals surface area (Å²) in [6.07, 6.45) is 3.72. The molecule has 0 saturated carbocycles. The molecule has 0 aliphatic carbocycles. The van der Waals surface area contributed by atoms with Gasteiger partial charge in [0.2, 0.25) is 0 Å². The lowest BCUT2D eigenvalue weighted by Crippen LogP contribution is -2.27. The fraction of sp³-hybridized carbons (Fsp3) is 0.300. The fourth-order valence-electron chi connectivity index (χ4n) is 5.64. The average molecular weight is 523 g/mol. The predicted molar refractivity (Wildman–Crippen MR) is 147 cm³/mol. The first-order valence-electron chi connectivity index (χ1n) is 13.1. The first-order chi connectivity index (χ1) is 19.0. The maximum absolute atomic E-state index is 12.1. The van der Waals surface area contributed by atoms with E-state index in [0.717, 1.165) is 59.9 Å². The summed E-state index contributed by atoms with van der Waals surface area (Å²) >= 11 is 0. The second-order valence-corrected chi connectivity index (χ2v) is 9.89. The standard InChI is InChI=1S/C30H30N6O3/c1-19-26(35(2)34-33-19)24-17-25-28(31-18-24)32-29(22-9-11-23(12-10-22)30(37)38-3)36(25)27(20-7-5-4-6-8-20)21-13-15-39-16-14-21/h4-12,17-18,21,27H,13-16H2,1-3H3. The molecule has 0 spiro atoms. The number of rotatable bonds is 6. The van der Waals surface area contributed by atoms with Crippen LogP contribution in [0.1, 0.15) is 40.5 Å². The van der Waals surface area contributed by atoms with Gasteiger partial charge in [-0.15, -0.1) is 5.10 Å². The normalized spacial score (nSPS) is 14.9. The monoisotopic (exact) mass is 522 g/mol. The summed E-state index contributed by atoms with van der Waals surface area (Å²) in [5.41, 5.74) is 6.88. The van der Waals surface area contributed by atoms with E-state index in [2.05, 4.69) is 45.2 Å². The first kappa shape index (κ1) is 24.9. The van der Waals surface area contributed by atoms with Crippen molar-refractivity contribution in [2.24, 2.45) is 13.0 Å². The number of nitrogens with zero attached hydrogens (tertiary/aromatic N) is 6. The highest BCUT2D eigenvalue weighted by Crippen LogP contribution is 2.40. The van der Waals surface area contributed by atoms with Gasteiger partial charge in [-0.2, -0.15) is 0 Å². The summed E-state index contributed by atoms with van der Waals surface area (Å²) in [5.74, 6) is 0.771. The fourth-order valence-corrected chi connectivity index (χ4v) is 5.64. The maximum atomic E-state index is 12.1. The van der Waals surface area contributed by atoms with Crippen molar-refractivity contribution in [3.05, 3.63) is 83.7 Å². The number of pyridine rings is 1. The summed E-state index contributed by atoms with van der Waals surface area (Å²) in [6, 6.07) is 20.1. The number of aryl methyl sites for hydroxylation is 2. The molecule has 6 rings (SSSR count). The Kier molecular flexibility index (Phi) is 6.66. The van der Waals surface area contributed by atoms with E-state index < -0.39 is 0 Å². The summed E-state index contributed by atoms with van der Waals surface area (Å²) in [4.78, 5) is 22.0. The Morgan fingerprint density at radius 2 is 1.79 bits per heavy atom. The van der Waals surface area contributed by atoms with Gasteiger partial charge in [-0.25, -0.2) is 19.4 Å². The van der Waals surface area contributed by atoms with Crippen molar-refractivity contribution in [3.63, 3.8) is 0 Å². The number of benzene rings is 2. The molecule has 0 N–H and O–H groups in total. The van der Waals surface area contributed by atoms with Crippen molar-refractivity contribution in [3.8, 4) is 22.6 Å². The molecule has 39 heavy (non-hydrogen) atoms. The lowest BCUT2D eigenvalue weighted by molar-refractivity contribution is 0.0549. The van der Waals surface area contributed by atoms with Crippen LogP contribution in [0, 0.1) is 12.8 Å². The Morgan fingerprint density at radius 1 is 1.05 bits per heavy atom. The van der Waals surface area contributed by atoms with Crippen LogP contribution in [0.2, 0.25) is 0 Å². The summed E-state index contributed by atoms with van der Waals surface area (Å²) < 4.78 is 14.8. The van der Waals surface area contributed by atoms with E-state index in [4.69, 9.17) is 19.4 Å². The number of hydrogen-bond donors (Lipinski definition) is 0. The number of carbonyl (C=O) groups excluding carboxylic acids is 1. The number of esters is 1. The van der Waals surface area contributed by atoms with Crippen molar-refractivity contribution in [1.29, 1.82) is 0 Å². The summed E-state index contributed by atoms with van der Waals surface area (Å²) in [7, 11) is 3.27. The molecule has 1 aliphatic rings. The van der Waals surface area contributed by atoms with Crippen LogP contribution in [-0.4, -0.2) is 55.8 Å². The Labute approximate surface area is 226 Å². The van der Waals surface area contributed by atoms with Crippen LogP contribution < -0.4 is 0 Å². The molecule has 1 saturated heterocycles. The average Bonchev–Trinajstić information content (AvgIpc) is 3.52. The number of hydrogen-bond acceptors (Lipinski definition) is 7. The van der Waals surface area contributed by atoms with Crippen LogP contribution in [0.3, 0.4) is 0 Å². The minimum Gasteiger partial charge on any atom is -0.465 e. The molecule has 1 unspecified atom stereocenters. The van der Waals surface area contributed by atoms with Gasteiger partial charge in [0.25, 0.3) is 0 Å². The maximum Gasteiger partial charge on any atom is 0.337 e. The highest BCUT2D eigenvalue weighted by atomic mass is 16.5. The topological polar surface area (TPSA) is 97.0 Å². The third-order valence-electron chi connectivity index (χ3n) is 7.51. The summed E-state index contributed by atoms with van der Waals surface area (Å²) in [5, 5.41) is 8.44. The van der Waals surface area contributed by atoms with Crippen LogP contribution in [0.15, 0.2) is 66.9 Å². The predicted octanol–water partition coefficient (Wildman–Crippen LogP) is 5.00. The second kappa shape index (κ2) is 10.4. The van der Waals surface area contributed by atoms with Crippen LogP contribution >= 0.6 is 0 Å². The second-order valence-electron chi connectivity index (χ2n) is 9.89. The van der Waals surface area contributed by atoms with E-state index in [1.54, 1.807) is 16.8 Å². The van der Waals surface area contributed by atoms with E-state index in [1.807, 2.05) is 38.4 Å². The smallest absolute Gasteiger partial charge is 0.337 e. The first-order valence-corrected chi connectivity index (χ1v) is 13.1. The molecule has 0 amide bonds. The minimum atomic E-state index is -0.370. The number of fused-ring (bicyclic) bond motifs is 1. The van der Waals surface area contributed by atoms with Crippen LogP contribution in [0.25, 0.3) is 33.8 Å². The van der Waals surface area contributed by atoms with Gasteiger partial charge < -0.3 is 14.0 Å². The molecule has 1 aliphatic heterocycles. The Hall–Kier alpha value is -4.37. The number of imidazole rings is 1. The van der Waals surface area contributed by atoms with E-state index in [9.17, 15) is 4.79 Å². The van der Waals surface area contributed by atoms with Crippen LogP contribution in [-0.2, 0) is 16.5 Å². The lowest BCUT2D eigenvalue weighted by Gasteiger charge is -2.33. The van der Waals surface area contributed by atoms with Gasteiger partial charge >= 0.3 is 5.97 Å². The quantitative estimate of drug-likeness (QED) is 0.289. The molecule has 5 aromatic rings. The molecule has 2 aromatic carbocycles. The molecule has 198 valence electrons. The summed E-state index contributed by atoms with van der Waals surface area (Å²) in [6.45, 7) is 3.41. The zero-order valence-corrected chi connectivity index (χ0v) is 22.2. The van der Waals surface area contributed by atoms with Gasteiger partial charge in [-0.3, -0.25) is 0 Å². The van der Waals surface area contributed by atoms with Gasteiger partial charge in [0.15, 0.2) is 5.65 Å². The number of methoxy groups -OCH3 is 1. The van der Waals surface area contributed by atoms with Gasteiger partial charge in [0.1, 0.15) is 5.82 Å².